The van der Waals surface area contributed by atoms with Crippen molar-refractivity contribution in [1.29, 1.82) is 5.26 Å². The molecule has 0 saturated carbocycles. The van der Waals surface area contributed by atoms with Gasteiger partial charge >= 0.3 is 0 Å². The lowest BCUT2D eigenvalue weighted by atomic mass is 10.1. The predicted octanol–water partition coefficient (Wildman–Crippen LogP) is 3.14. The lowest BCUT2D eigenvalue weighted by Crippen LogP contribution is -2.15. The van der Waals surface area contributed by atoms with Gasteiger partial charge in [-0.15, -0.1) is 0 Å². The summed E-state index contributed by atoms with van der Waals surface area (Å²) in [5, 5.41) is 21.0. The molecular formula is C13H11IN2O2. The molecule has 0 aliphatic heterocycles. The molecule has 2 N–H and O–H groups in total. The number of halogens is 1. The van der Waals surface area contributed by atoms with Crippen LogP contribution in [0.1, 0.15) is 6.92 Å². The largest absolute Gasteiger partial charge is 0.506 e. The number of hydrogen-bond acceptors (Lipinski definition) is 3. The maximum Gasteiger partial charge on any atom is 0.270 e. The van der Waals surface area contributed by atoms with Crippen molar-refractivity contribution in [2.45, 2.75) is 6.92 Å². The first kappa shape index (κ1) is 14.3. The van der Waals surface area contributed by atoms with Crippen LogP contribution >= 0.6 is 22.6 Å². The Balaban J connectivity index is 2.95. The van der Waals surface area contributed by atoms with Crippen molar-refractivity contribution in [3.05, 3.63) is 51.3 Å². The van der Waals surface area contributed by atoms with E-state index in [1.165, 1.54) is 6.92 Å². The van der Waals surface area contributed by atoms with Crippen LogP contribution < -0.4 is 5.32 Å². The number of carbonyl (C=O) groups excluding carboxylic acids is 1. The number of nitrogens with one attached hydrogen (secondary N) is 1. The van der Waals surface area contributed by atoms with Gasteiger partial charge in [0, 0.05) is 9.26 Å². The molecule has 1 amide bonds. The molecular weight excluding hydrogens is 343 g/mol. The Morgan fingerprint density at radius 2 is 2.00 bits per heavy atom. The second-order valence-corrected chi connectivity index (χ2v) is 4.82. The molecule has 92 valence electrons. The minimum Gasteiger partial charge on any atom is -0.506 e. The van der Waals surface area contributed by atoms with E-state index >= 15 is 0 Å². The molecule has 0 atom stereocenters. The second kappa shape index (κ2) is 6.21. The van der Waals surface area contributed by atoms with E-state index in [-0.39, 0.29) is 16.9 Å². The van der Waals surface area contributed by atoms with Crippen molar-refractivity contribution in [3.63, 3.8) is 0 Å². The molecule has 0 unspecified atom stereocenters. The third-order valence-electron chi connectivity index (χ3n) is 2.08. The van der Waals surface area contributed by atoms with E-state index in [1.54, 1.807) is 18.2 Å². The molecule has 18 heavy (non-hydrogen) atoms. The van der Waals surface area contributed by atoms with Gasteiger partial charge < -0.3 is 10.4 Å². The van der Waals surface area contributed by atoms with Gasteiger partial charge in [0.25, 0.3) is 5.91 Å². The van der Waals surface area contributed by atoms with Gasteiger partial charge in [-0.3, -0.25) is 4.79 Å². The van der Waals surface area contributed by atoms with Gasteiger partial charge in [0.15, 0.2) is 5.57 Å². The van der Waals surface area contributed by atoms with Crippen molar-refractivity contribution in [3.8, 4) is 6.07 Å². The van der Waals surface area contributed by atoms with Crippen molar-refractivity contribution < 1.29 is 9.90 Å². The van der Waals surface area contributed by atoms with Gasteiger partial charge in [0.1, 0.15) is 11.8 Å². The second-order valence-electron chi connectivity index (χ2n) is 3.58. The summed E-state index contributed by atoms with van der Waals surface area (Å²) in [5.41, 5.74) is 0.480. The fourth-order valence-electron chi connectivity index (χ4n) is 1.15. The number of carbonyl (C=O) groups is 1. The smallest absolute Gasteiger partial charge is 0.270 e. The Morgan fingerprint density at radius 3 is 2.44 bits per heavy atom. The van der Waals surface area contributed by atoms with Crippen LogP contribution in [0, 0.1) is 14.9 Å². The molecule has 0 aliphatic carbocycles. The monoisotopic (exact) mass is 354 g/mol. The van der Waals surface area contributed by atoms with Crippen molar-refractivity contribution in [2.75, 3.05) is 5.32 Å². The number of benzene rings is 1. The molecule has 0 radical (unpaired) electrons. The first-order valence-corrected chi connectivity index (χ1v) is 6.09. The number of anilines is 1. The summed E-state index contributed by atoms with van der Waals surface area (Å²) in [6.45, 7) is 5.00. The fraction of sp³-hybridized carbons (Fsp3) is 0.0769. The van der Waals surface area contributed by atoms with Gasteiger partial charge in [0.05, 0.1) is 0 Å². The summed E-state index contributed by atoms with van der Waals surface area (Å²) >= 11 is 2.14. The predicted molar refractivity (Wildman–Crippen MR) is 77.9 cm³/mol. The molecule has 0 aromatic heterocycles. The quantitative estimate of drug-likeness (QED) is 0.288. The number of rotatable bonds is 3. The standard InChI is InChI=1S/C13H11IN2O2/c1-8(2)12(17)11(7-15)13(18)16-10-5-3-9(14)4-6-10/h3-6,17H,1H2,2H3,(H,16,18)/b12-11-. The summed E-state index contributed by atoms with van der Waals surface area (Å²) in [4.78, 5) is 11.8. The van der Waals surface area contributed by atoms with E-state index in [2.05, 4.69) is 34.5 Å². The lowest BCUT2D eigenvalue weighted by Gasteiger charge is -2.06. The van der Waals surface area contributed by atoms with Crippen molar-refractivity contribution in [1.82, 2.24) is 0 Å². The third kappa shape index (κ3) is 3.60. The third-order valence-corrected chi connectivity index (χ3v) is 2.80. The number of hydrogen-bond donors (Lipinski definition) is 2. The molecule has 4 nitrogen and oxygen atoms in total. The molecule has 1 aromatic carbocycles. The van der Waals surface area contributed by atoms with E-state index in [0.29, 0.717) is 5.69 Å². The van der Waals surface area contributed by atoms with Gasteiger partial charge in [-0.1, -0.05) is 6.58 Å². The zero-order valence-electron chi connectivity index (χ0n) is 9.70. The summed E-state index contributed by atoms with van der Waals surface area (Å²) in [6.07, 6.45) is 0. The highest BCUT2D eigenvalue weighted by molar-refractivity contribution is 14.1. The average molecular weight is 354 g/mol. The number of amides is 1. The lowest BCUT2D eigenvalue weighted by molar-refractivity contribution is -0.112. The number of nitriles is 1. The highest BCUT2D eigenvalue weighted by atomic mass is 127. The Bertz CT molecular complexity index is 553. The molecule has 0 aliphatic rings. The van der Waals surface area contributed by atoms with Crippen LogP contribution in [0.5, 0.6) is 0 Å². The highest BCUT2D eigenvalue weighted by Crippen LogP contribution is 2.14. The van der Waals surface area contributed by atoms with Crippen molar-refractivity contribution >= 4 is 34.2 Å². The molecule has 0 fully saturated rings. The van der Waals surface area contributed by atoms with Gasteiger partial charge in [-0.05, 0) is 59.4 Å². The first-order chi connectivity index (χ1) is 8.45. The maximum atomic E-state index is 11.8. The highest BCUT2D eigenvalue weighted by Gasteiger charge is 2.15. The van der Waals surface area contributed by atoms with E-state index in [9.17, 15) is 9.90 Å². The van der Waals surface area contributed by atoms with Crippen LogP contribution in [-0.2, 0) is 4.79 Å². The molecule has 1 aromatic rings. The van der Waals surface area contributed by atoms with Crippen LogP contribution in [0.25, 0.3) is 0 Å². The maximum absolute atomic E-state index is 11.8. The average Bonchev–Trinajstić information content (AvgIpc) is 2.32. The van der Waals surface area contributed by atoms with Crippen LogP contribution in [-0.4, -0.2) is 11.0 Å². The van der Waals surface area contributed by atoms with Crippen LogP contribution in [0.4, 0.5) is 5.69 Å². The van der Waals surface area contributed by atoms with Gasteiger partial charge in [-0.25, -0.2) is 0 Å². The Morgan fingerprint density at radius 1 is 1.44 bits per heavy atom. The van der Waals surface area contributed by atoms with Crippen LogP contribution in [0.2, 0.25) is 0 Å². The van der Waals surface area contributed by atoms with Gasteiger partial charge in [0.2, 0.25) is 0 Å². The molecule has 0 spiro atoms. The summed E-state index contributed by atoms with van der Waals surface area (Å²) in [6, 6.07) is 8.75. The number of nitrogens with zero attached hydrogens (tertiary/aromatic N) is 1. The molecule has 0 saturated heterocycles. The van der Waals surface area contributed by atoms with Crippen LogP contribution in [0.3, 0.4) is 0 Å². The van der Waals surface area contributed by atoms with E-state index in [1.807, 2.05) is 12.1 Å². The summed E-state index contributed by atoms with van der Waals surface area (Å²) in [7, 11) is 0. The SMILES string of the molecule is C=C(C)/C(O)=C(\C#N)C(=O)Nc1ccc(I)cc1. The van der Waals surface area contributed by atoms with E-state index in [0.717, 1.165) is 3.57 Å². The number of aliphatic hydroxyl groups is 1. The fourth-order valence-corrected chi connectivity index (χ4v) is 1.51. The topological polar surface area (TPSA) is 73.1 Å². The molecule has 0 heterocycles. The number of aliphatic hydroxyl groups excluding tert-OH is 1. The molecule has 1 rings (SSSR count). The zero-order chi connectivity index (χ0) is 13.7. The summed E-state index contributed by atoms with van der Waals surface area (Å²) in [5.74, 6) is -1.04. The van der Waals surface area contributed by atoms with Crippen molar-refractivity contribution in [2.24, 2.45) is 0 Å². The van der Waals surface area contributed by atoms with Gasteiger partial charge in [-0.2, -0.15) is 5.26 Å². The number of allylic oxidation sites excluding steroid dienone is 1. The van der Waals surface area contributed by atoms with E-state index in [4.69, 9.17) is 5.26 Å². The Labute approximate surface area is 119 Å². The van der Waals surface area contributed by atoms with Crippen LogP contribution in [0.15, 0.2) is 47.7 Å². The first-order valence-electron chi connectivity index (χ1n) is 5.02. The Hall–Kier alpha value is -1.81. The minimum absolute atomic E-state index is 0.268. The zero-order valence-corrected chi connectivity index (χ0v) is 11.9. The van der Waals surface area contributed by atoms with E-state index < -0.39 is 5.91 Å². The normalized spacial score (nSPS) is 11.2. The molecule has 5 heteroatoms. The minimum atomic E-state index is -0.654. The summed E-state index contributed by atoms with van der Waals surface area (Å²) < 4.78 is 1.03. The molecule has 0 bridgehead atoms. The Kier molecular flexibility index (Phi) is 4.92.